The van der Waals surface area contributed by atoms with Crippen LogP contribution < -0.4 is 4.74 Å². The molecule has 0 spiro atoms. The second-order valence-electron chi connectivity index (χ2n) is 2.09. The molecule has 0 saturated heterocycles. The van der Waals surface area contributed by atoms with Crippen molar-refractivity contribution in [3.63, 3.8) is 0 Å². The van der Waals surface area contributed by atoms with Gasteiger partial charge in [-0.25, -0.2) is 0 Å². The molecule has 0 saturated carbocycles. The van der Waals surface area contributed by atoms with Crippen LogP contribution in [0.4, 0.5) is 0 Å². The number of hydrogen-bond donors (Lipinski definition) is 0. The molecule has 11 heavy (non-hydrogen) atoms. The van der Waals surface area contributed by atoms with Gasteiger partial charge < -0.3 is 4.74 Å². The van der Waals surface area contributed by atoms with Crippen LogP contribution in [0, 0.1) is 3.57 Å². The number of hydrogen-bond acceptors (Lipinski definition) is 1. The maximum atomic E-state index is 5.68. The lowest BCUT2D eigenvalue weighted by Gasteiger charge is -2.04. The molecule has 0 aliphatic rings. The van der Waals surface area contributed by atoms with Crippen LogP contribution in [0.15, 0.2) is 18.2 Å². The van der Waals surface area contributed by atoms with E-state index >= 15 is 0 Å². The highest BCUT2D eigenvalue weighted by Crippen LogP contribution is 2.22. The van der Waals surface area contributed by atoms with Crippen LogP contribution in [-0.2, 0) is 5.88 Å². The predicted octanol–water partition coefficient (Wildman–Crippen LogP) is 3.04. The van der Waals surface area contributed by atoms with Crippen molar-refractivity contribution in [2.75, 3.05) is 7.11 Å². The molecule has 0 N–H and O–H groups in total. The fourth-order valence-electron chi connectivity index (χ4n) is 0.829. The summed E-state index contributed by atoms with van der Waals surface area (Å²) in [5.41, 5.74) is 1.04. The van der Waals surface area contributed by atoms with Gasteiger partial charge in [-0.15, -0.1) is 11.6 Å². The SMILES string of the molecule is COc1cc(I)ccc1CCl. The number of alkyl halides is 1. The average molecular weight is 283 g/mol. The van der Waals surface area contributed by atoms with E-state index in [9.17, 15) is 0 Å². The number of benzene rings is 1. The van der Waals surface area contributed by atoms with Crippen molar-refractivity contribution in [1.82, 2.24) is 0 Å². The Labute approximate surface area is 84.8 Å². The molecule has 1 aromatic carbocycles. The molecular formula is C8H8ClIO. The zero-order valence-electron chi connectivity index (χ0n) is 6.10. The molecule has 0 aromatic heterocycles. The predicted molar refractivity (Wildman–Crippen MR) is 55.3 cm³/mol. The summed E-state index contributed by atoms with van der Waals surface area (Å²) in [4.78, 5) is 0. The van der Waals surface area contributed by atoms with E-state index in [4.69, 9.17) is 16.3 Å². The first-order valence-electron chi connectivity index (χ1n) is 3.16. The molecule has 1 aromatic rings. The molecule has 0 atom stereocenters. The monoisotopic (exact) mass is 282 g/mol. The van der Waals surface area contributed by atoms with Crippen LogP contribution in [-0.4, -0.2) is 7.11 Å². The molecule has 1 rings (SSSR count). The van der Waals surface area contributed by atoms with Crippen molar-refractivity contribution in [1.29, 1.82) is 0 Å². The lowest BCUT2D eigenvalue weighted by atomic mass is 10.2. The highest BCUT2D eigenvalue weighted by Gasteiger charge is 2.00. The van der Waals surface area contributed by atoms with E-state index in [2.05, 4.69) is 22.6 Å². The van der Waals surface area contributed by atoms with Gasteiger partial charge in [0.1, 0.15) is 5.75 Å². The maximum absolute atomic E-state index is 5.68. The Morgan fingerprint density at radius 3 is 2.82 bits per heavy atom. The van der Waals surface area contributed by atoms with Gasteiger partial charge in [-0.1, -0.05) is 6.07 Å². The summed E-state index contributed by atoms with van der Waals surface area (Å²) >= 11 is 7.92. The van der Waals surface area contributed by atoms with Crippen LogP contribution in [0.5, 0.6) is 5.75 Å². The van der Waals surface area contributed by atoms with Gasteiger partial charge in [0.05, 0.1) is 13.0 Å². The van der Waals surface area contributed by atoms with Crippen molar-refractivity contribution >= 4 is 34.2 Å². The van der Waals surface area contributed by atoms with Gasteiger partial charge in [0, 0.05) is 9.13 Å². The van der Waals surface area contributed by atoms with Gasteiger partial charge >= 0.3 is 0 Å². The minimum absolute atomic E-state index is 0.500. The first-order valence-corrected chi connectivity index (χ1v) is 4.77. The molecule has 0 radical (unpaired) electrons. The minimum Gasteiger partial charge on any atom is -0.496 e. The highest BCUT2D eigenvalue weighted by atomic mass is 127. The number of methoxy groups -OCH3 is 1. The van der Waals surface area contributed by atoms with Gasteiger partial charge in [0.2, 0.25) is 0 Å². The zero-order chi connectivity index (χ0) is 8.27. The molecule has 0 aliphatic heterocycles. The summed E-state index contributed by atoms with van der Waals surface area (Å²) in [6.07, 6.45) is 0. The molecule has 0 fully saturated rings. The summed E-state index contributed by atoms with van der Waals surface area (Å²) in [6.45, 7) is 0. The van der Waals surface area contributed by atoms with E-state index < -0.39 is 0 Å². The van der Waals surface area contributed by atoms with Crippen molar-refractivity contribution in [3.8, 4) is 5.75 Å². The summed E-state index contributed by atoms with van der Waals surface area (Å²) in [5.74, 6) is 1.37. The van der Waals surface area contributed by atoms with E-state index in [0.29, 0.717) is 5.88 Å². The second kappa shape index (κ2) is 4.16. The van der Waals surface area contributed by atoms with Crippen molar-refractivity contribution in [3.05, 3.63) is 27.3 Å². The standard InChI is InChI=1S/C8H8ClIO/c1-11-8-4-7(10)3-2-6(8)5-9/h2-4H,5H2,1H3. The van der Waals surface area contributed by atoms with Crippen LogP contribution in [0.1, 0.15) is 5.56 Å². The summed E-state index contributed by atoms with van der Waals surface area (Å²) in [5, 5.41) is 0. The fourth-order valence-corrected chi connectivity index (χ4v) is 1.51. The molecular weight excluding hydrogens is 274 g/mol. The third kappa shape index (κ3) is 2.24. The number of halogens is 2. The van der Waals surface area contributed by atoms with E-state index in [0.717, 1.165) is 14.9 Å². The molecule has 0 unspecified atom stereocenters. The first kappa shape index (κ1) is 9.13. The quantitative estimate of drug-likeness (QED) is 0.598. The van der Waals surface area contributed by atoms with E-state index in [1.165, 1.54) is 0 Å². The second-order valence-corrected chi connectivity index (χ2v) is 3.60. The highest BCUT2D eigenvalue weighted by molar-refractivity contribution is 14.1. The number of rotatable bonds is 2. The van der Waals surface area contributed by atoms with Gasteiger partial charge in [-0.05, 0) is 34.7 Å². The van der Waals surface area contributed by atoms with Gasteiger partial charge in [-0.3, -0.25) is 0 Å². The molecule has 0 aliphatic carbocycles. The van der Waals surface area contributed by atoms with Crippen molar-refractivity contribution in [2.24, 2.45) is 0 Å². The van der Waals surface area contributed by atoms with Gasteiger partial charge in [0.25, 0.3) is 0 Å². The Morgan fingerprint density at radius 1 is 1.55 bits per heavy atom. The lowest BCUT2D eigenvalue weighted by molar-refractivity contribution is 0.411. The topological polar surface area (TPSA) is 9.23 Å². The van der Waals surface area contributed by atoms with E-state index in [1.54, 1.807) is 7.11 Å². The molecule has 60 valence electrons. The minimum atomic E-state index is 0.500. The van der Waals surface area contributed by atoms with Crippen LogP contribution >= 0.6 is 34.2 Å². The molecule has 3 heteroatoms. The van der Waals surface area contributed by atoms with Crippen LogP contribution in [0.3, 0.4) is 0 Å². The Morgan fingerprint density at radius 2 is 2.27 bits per heavy atom. The largest absolute Gasteiger partial charge is 0.496 e. The van der Waals surface area contributed by atoms with E-state index in [1.807, 2.05) is 18.2 Å². The Bertz CT molecular complexity index is 250. The normalized spacial score (nSPS) is 9.73. The van der Waals surface area contributed by atoms with Gasteiger partial charge in [-0.2, -0.15) is 0 Å². The molecule has 0 heterocycles. The average Bonchev–Trinajstić information content (AvgIpc) is 2.04. The third-order valence-corrected chi connectivity index (χ3v) is 2.35. The summed E-state index contributed by atoms with van der Waals surface area (Å²) in [6, 6.07) is 5.96. The van der Waals surface area contributed by atoms with E-state index in [-0.39, 0.29) is 0 Å². The Balaban J connectivity index is 3.06. The Kier molecular flexibility index (Phi) is 3.45. The third-order valence-electron chi connectivity index (χ3n) is 1.39. The lowest BCUT2D eigenvalue weighted by Crippen LogP contribution is -1.89. The first-order chi connectivity index (χ1) is 5.27. The molecule has 0 amide bonds. The van der Waals surface area contributed by atoms with Crippen molar-refractivity contribution in [2.45, 2.75) is 5.88 Å². The zero-order valence-corrected chi connectivity index (χ0v) is 9.02. The summed E-state index contributed by atoms with van der Waals surface area (Å²) in [7, 11) is 1.65. The van der Waals surface area contributed by atoms with Crippen LogP contribution in [0.2, 0.25) is 0 Å². The van der Waals surface area contributed by atoms with Crippen LogP contribution in [0.25, 0.3) is 0 Å². The molecule has 0 bridgehead atoms. The smallest absolute Gasteiger partial charge is 0.124 e. The fraction of sp³-hybridized carbons (Fsp3) is 0.250. The van der Waals surface area contributed by atoms with Gasteiger partial charge in [0.15, 0.2) is 0 Å². The maximum Gasteiger partial charge on any atom is 0.124 e. The summed E-state index contributed by atoms with van der Waals surface area (Å²) < 4.78 is 6.29. The molecule has 1 nitrogen and oxygen atoms in total. The van der Waals surface area contributed by atoms with Crippen molar-refractivity contribution < 1.29 is 4.74 Å². The Hall–Kier alpha value is 0.0400. The number of ether oxygens (including phenoxy) is 1.